The van der Waals surface area contributed by atoms with Crippen LogP contribution in [0.4, 0.5) is 0 Å². The number of halogens is 1. The molecule has 1 atom stereocenters. The minimum absolute atomic E-state index is 0.0407. The molecule has 0 aliphatic rings. The molecule has 0 aliphatic carbocycles. The standard InChI is InChI=1S/C14H19ClN4/c1-3-12-9-14(19(2)18-12)13(17-16)8-10-4-6-11(15)7-5-10/h4-7,9,13,17H,3,8,16H2,1-2H3. The van der Waals surface area contributed by atoms with Crippen molar-refractivity contribution in [3.63, 3.8) is 0 Å². The van der Waals surface area contributed by atoms with Gasteiger partial charge >= 0.3 is 0 Å². The summed E-state index contributed by atoms with van der Waals surface area (Å²) in [4.78, 5) is 0. The van der Waals surface area contributed by atoms with Gasteiger partial charge in [0.05, 0.1) is 17.4 Å². The summed E-state index contributed by atoms with van der Waals surface area (Å²) in [6, 6.07) is 9.96. The van der Waals surface area contributed by atoms with Gasteiger partial charge in [-0.05, 0) is 36.6 Å². The summed E-state index contributed by atoms with van der Waals surface area (Å²) < 4.78 is 1.89. The van der Waals surface area contributed by atoms with Gasteiger partial charge in [-0.2, -0.15) is 5.10 Å². The molecular weight excluding hydrogens is 260 g/mol. The average molecular weight is 279 g/mol. The van der Waals surface area contributed by atoms with E-state index in [1.54, 1.807) is 0 Å². The second kappa shape index (κ2) is 6.19. The van der Waals surface area contributed by atoms with E-state index in [2.05, 4.69) is 23.5 Å². The Bertz CT molecular complexity index is 533. The Morgan fingerprint density at radius 3 is 2.58 bits per heavy atom. The van der Waals surface area contributed by atoms with E-state index in [-0.39, 0.29) is 6.04 Å². The molecule has 3 N–H and O–H groups in total. The summed E-state index contributed by atoms with van der Waals surface area (Å²) >= 11 is 5.89. The van der Waals surface area contributed by atoms with Crippen LogP contribution >= 0.6 is 11.6 Å². The lowest BCUT2D eigenvalue weighted by atomic mass is 10.0. The maximum absolute atomic E-state index is 5.89. The van der Waals surface area contributed by atoms with Gasteiger partial charge in [0, 0.05) is 12.1 Å². The lowest BCUT2D eigenvalue weighted by Gasteiger charge is -2.16. The molecule has 0 radical (unpaired) electrons. The zero-order valence-electron chi connectivity index (χ0n) is 11.2. The second-order valence-corrected chi connectivity index (χ2v) is 5.02. The summed E-state index contributed by atoms with van der Waals surface area (Å²) in [7, 11) is 1.95. The molecule has 1 heterocycles. The molecule has 0 saturated carbocycles. The summed E-state index contributed by atoms with van der Waals surface area (Å²) in [5, 5.41) is 5.20. The van der Waals surface area contributed by atoms with Crippen LogP contribution in [0, 0.1) is 0 Å². The van der Waals surface area contributed by atoms with Gasteiger partial charge < -0.3 is 0 Å². The van der Waals surface area contributed by atoms with Gasteiger partial charge in [-0.3, -0.25) is 16.0 Å². The number of nitrogens with zero attached hydrogens (tertiary/aromatic N) is 2. The van der Waals surface area contributed by atoms with Gasteiger partial charge in [-0.25, -0.2) is 0 Å². The van der Waals surface area contributed by atoms with Gasteiger partial charge in [0.2, 0.25) is 0 Å². The topological polar surface area (TPSA) is 55.9 Å². The molecule has 0 amide bonds. The van der Waals surface area contributed by atoms with Crippen LogP contribution in [-0.4, -0.2) is 9.78 Å². The van der Waals surface area contributed by atoms with Crippen LogP contribution in [0.3, 0.4) is 0 Å². The summed E-state index contributed by atoms with van der Waals surface area (Å²) in [6.45, 7) is 2.09. The molecule has 0 aliphatic heterocycles. The zero-order chi connectivity index (χ0) is 13.8. The molecule has 2 aromatic rings. The number of nitrogens with one attached hydrogen (secondary N) is 1. The first-order valence-corrected chi connectivity index (χ1v) is 6.75. The van der Waals surface area contributed by atoms with Crippen molar-refractivity contribution in [2.45, 2.75) is 25.8 Å². The predicted molar refractivity (Wildman–Crippen MR) is 77.8 cm³/mol. The van der Waals surface area contributed by atoms with E-state index in [1.165, 1.54) is 5.56 Å². The minimum Gasteiger partial charge on any atom is -0.271 e. The Labute approximate surface area is 118 Å². The van der Waals surface area contributed by atoms with Crippen molar-refractivity contribution in [1.29, 1.82) is 0 Å². The highest BCUT2D eigenvalue weighted by molar-refractivity contribution is 6.30. The van der Waals surface area contributed by atoms with Gasteiger partial charge in [-0.1, -0.05) is 30.7 Å². The SMILES string of the molecule is CCc1cc(C(Cc2ccc(Cl)cc2)NN)n(C)n1. The minimum atomic E-state index is 0.0407. The number of hydrogen-bond acceptors (Lipinski definition) is 3. The molecule has 1 unspecified atom stereocenters. The molecular formula is C14H19ClN4. The normalized spacial score (nSPS) is 12.6. The number of hydrazine groups is 1. The quantitative estimate of drug-likeness (QED) is 0.652. The molecule has 0 saturated heterocycles. The van der Waals surface area contributed by atoms with Gasteiger partial charge in [0.1, 0.15) is 0 Å². The van der Waals surface area contributed by atoms with Crippen molar-refractivity contribution < 1.29 is 0 Å². The molecule has 1 aromatic heterocycles. The van der Waals surface area contributed by atoms with Crippen molar-refractivity contribution in [3.05, 3.63) is 52.3 Å². The summed E-state index contributed by atoms with van der Waals surface area (Å²) in [5.41, 5.74) is 6.22. The Morgan fingerprint density at radius 2 is 2.05 bits per heavy atom. The van der Waals surface area contributed by atoms with Crippen LogP contribution < -0.4 is 11.3 Å². The van der Waals surface area contributed by atoms with E-state index in [9.17, 15) is 0 Å². The average Bonchev–Trinajstić information content (AvgIpc) is 2.79. The van der Waals surface area contributed by atoms with E-state index in [4.69, 9.17) is 17.4 Å². The fourth-order valence-electron chi connectivity index (χ4n) is 2.15. The second-order valence-electron chi connectivity index (χ2n) is 4.59. The summed E-state index contributed by atoms with van der Waals surface area (Å²) in [6.07, 6.45) is 1.72. The monoisotopic (exact) mass is 278 g/mol. The first kappa shape index (κ1) is 14.1. The highest BCUT2D eigenvalue weighted by Gasteiger charge is 2.15. The van der Waals surface area contributed by atoms with E-state index >= 15 is 0 Å². The fraction of sp³-hybridized carbons (Fsp3) is 0.357. The number of hydrogen-bond donors (Lipinski definition) is 2. The Hall–Kier alpha value is -1.36. The zero-order valence-corrected chi connectivity index (χ0v) is 12.0. The van der Waals surface area contributed by atoms with E-state index < -0.39 is 0 Å². The lowest BCUT2D eigenvalue weighted by molar-refractivity contribution is 0.508. The van der Waals surface area contributed by atoms with Crippen LogP contribution in [0.1, 0.15) is 29.9 Å². The third-order valence-electron chi connectivity index (χ3n) is 3.24. The smallest absolute Gasteiger partial charge is 0.0669 e. The van der Waals surface area contributed by atoms with Crippen LogP contribution in [-0.2, 0) is 19.9 Å². The molecule has 1 aromatic carbocycles. The van der Waals surface area contributed by atoms with E-state index in [0.29, 0.717) is 0 Å². The number of aryl methyl sites for hydroxylation is 2. The van der Waals surface area contributed by atoms with Crippen LogP contribution in [0.15, 0.2) is 30.3 Å². The van der Waals surface area contributed by atoms with Crippen molar-refractivity contribution in [2.24, 2.45) is 12.9 Å². The molecule has 0 bridgehead atoms. The van der Waals surface area contributed by atoms with Crippen LogP contribution in [0.25, 0.3) is 0 Å². The Morgan fingerprint density at radius 1 is 1.37 bits per heavy atom. The molecule has 5 heteroatoms. The highest BCUT2D eigenvalue weighted by atomic mass is 35.5. The van der Waals surface area contributed by atoms with Gasteiger partial charge in [0.25, 0.3) is 0 Å². The maximum atomic E-state index is 5.89. The first-order valence-electron chi connectivity index (χ1n) is 6.37. The molecule has 102 valence electrons. The fourth-order valence-corrected chi connectivity index (χ4v) is 2.27. The highest BCUT2D eigenvalue weighted by Crippen LogP contribution is 2.20. The largest absolute Gasteiger partial charge is 0.271 e. The number of rotatable bonds is 5. The number of aromatic nitrogens is 2. The molecule has 4 nitrogen and oxygen atoms in total. The number of benzene rings is 1. The van der Waals surface area contributed by atoms with Crippen molar-refractivity contribution in [2.75, 3.05) is 0 Å². The van der Waals surface area contributed by atoms with Crippen LogP contribution in [0.5, 0.6) is 0 Å². The summed E-state index contributed by atoms with van der Waals surface area (Å²) in [5.74, 6) is 5.68. The molecule has 19 heavy (non-hydrogen) atoms. The molecule has 2 rings (SSSR count). The van der Waals surface area contributed by atoms with Crippen molar-refractivity contribution in [1.82, 2.24) is 15.2 Å². The Kier molecular flexibility index (Phi) is 4.58. The third kappa shape index (κ3) is 3.35. The molecule has 0 spiro atoms. The molecule has 0 fully saturated rings. The first-order chi connectivity index (χ1) is 9.13. The van der Waals surface area contributed by atoms with E-state index in [0.717, 1.165) is 29.3 Å². The van der Waals surface area contributed by atoms with Crippen LogP contribution in [0.2, 0.25) is 5.02 Å². The lowest BCUT2D eigenvalue weighted by Crippen LogP contribution is -2.31. The van der Waals surface area contributed by atoms with Crippen molar-refractivity contribution >= 4 is 11.6 Å². The Balaban J connectivity index is 2.19. The predicted octanol–water partition coefficient (Wildman–Crippen LogP) is 2.38. The van der Waals surface area contributed by atoms with Gasteiger partial charge in [-0.15, -0.1) is 0 Å². The van der Waals surface area contributed by atoms with Gasteiger partial charge in [0.15, 0.2) is 0 Å². The van der Waals surface area contributed by atoms with E-state index in [1.807, 2.05) is 36.0 Å². The third-order valence-corrected chi connectivity index (χ3v) is 3.49. The van der Waals surface area contributed by atoms with Crippen molar-refractivity contribution in [3.8, 4) is 0 Å². The maximum Gasteiger partial charge on any atom is 0.0669 e. The number of nitrogens with two attached hydrogens (primary N) is 1.